The van der Waals surface area contributed by atoms with Crippen molar-refractivity contribution in [3.05, 3.63) is 59.2 Å². The van der Waals surface area contributed by atoms with Crippen molar-refractivity contribution in [3.63, 3.8) is 0 Å². The molecular formula is C30H40N2O6. The van der Waals surface area contributed by atoms with Crippen LogP contribution in [0.5, 0.6) is 17.2 Å². The van der Waals surface area contributed by atoms with Gasteiger partial charge in [0.2, 0.25) is 0 Å². The number of carbonyl (C=O) groups excluding carboxylic acids is 2. The third-order valence-electron chi connectivity index (χ3n) is 6.47. The number of carbonyl (C=O) groups is 2. The average Bonchev–Trinajstić information content (AvgIpc) is 3.16. The molecule has 1 saturated heterocycles. The number of rotatable bonds is 14. The molecule has 2 aromatic rings. The second-order valence-electron chi connectivity index (χ2n) is 9.58. The minimum atomic E-state index is -0.768. The van der Waals surface area contributed by atoms with E-state index in [9.17, 15) is 14.7 Å². The summed E-state index contributed by atoms with van der Waals surface area (Å²) in [4.78, 5) is 30.1. The van der Waals surface area contributed by atoms with Gasteiger partial charge in [0.05, 0.1) is 31.9 Å². The van der Waals surface area contributed by atoms with Gasteiger partial charge in [0, 0.05) is 12.1 Å². The molecule has 0 bridgehead atoms. The molecule has 1 atom stereocenters. The number of benzene rings is 2. The highest BCUT2D eigenvalue weighted by Gasteiger charge is 2.46. The van der Waals surface area contributed by atoms with Gasteiger partial charge < -0.3 is 29.1 Å². The van der Waals surface area contributed by atoms with Crippen LogP contribution in [-0.4, -0.2) is 74.1 Å². The SMILES string of the molecule is CCCCCOc1ccc(C2/C(=C(\O)c3cccc(OCC)c3)C(=O)C(=O)N2CCCN(C)C)cc1OC. The quantitative estimate of drug-likeness (QED) is 0.160. The Labute approximate surface area is 225 Å². The third-order valence-corrected chi connectivity index (χ3v) is 6.47. The van der Waals surface area contributed by atoms with E-state index in [0.717, 1.165) is 25.8 Å². The van der Waals surface area contributed by atoms with E-state index in [2.05, 4.69) is 6.92 Å². The highest BCUT2D eigenvalue weighted by molar-refractivity contribution is 6.46. The number of Topliss-reactive ketones (excluding diaryl/α,β-unsaturated/α-hetero) is 1. The second kappa shape index (κ2) is 13.9. The number of methoxy groups -OCH3 is 1. The number of nitrogens with zero attached hydrogens (tertiary/aromatic N) is 2. The lowest BCUT2D eigenvalue weighted by Gasteiger charge is -2.26. The van der Waals surface area contributed by atoms with Crippen LogP contribution in [0.15, 0.2) is 48.0 Å². The zero-order valence-corrected chi connectivity index (χ0v) is 23.2. The Hall–Kier alpha value is -3.52. The molecule has 1 aliphatic rings. The Morgan fingerprint density at radius 3 is 2.47 bits per heavy atom. The van der Waals surface area contributed by atoms with Crippen molar-refractivity contribution in [2.45, 2.75) is 45.6 Å². The first kappa shape index (κ1) is 29.0. The average molecular weight is 525 g/mol. The van der Waals surface area contributed by atoms with Crippen molar-refractivity contribution < 1.29 is 28.9 Å². The molecule has 0 radical (unpaired) electrons. The molecule has 1 aliphatic heterocycles. The van der Waals surface area contributed by atoms with Crippen LogP contribution in [0, 0.1) is 0 Å². The van der Waals surface area contributed by atoms with Gasteiger partial charge in [-0.15, -0.1) is 0 Å². The molecule has 1 N–H and O–H groups in total. The Morgan fingerprint density at radius 1 is 1.00 bits per heavy atom. The summed E-state index contributed by atoms with van der Waals surface area (Å²) in [6.07, 6.45) is 3.78. The summed E-state index contributed by atoms with van der Waals surface area (Å²) in [7, 11) is 5.48. The number of amides is 1. The molecule has 2 aromatic carbocycles. The molecular weight excluding hydrogens is 484 g/mol. The lowest BCUT2D eigenvalue weighted by Crippen LogP contribution is -2.32. The largest absolute Gasteiger partial charge is 0.507 e. The first-order valence-electron chi connectivity index (χ1n) is 13.3. The van der Waals surface area contributed by atoms with Gasteiger partial charge >= 0.3 is 0 Å². The Kier molecular flexibility index (Phi) is 10.6. The van der Waals surface area contributed by atoms with Crippen molar-refractivity contribution in [2.75, 3.05) is 47.5 Å². The zero-order chi connectivity index (χ0) is 27.7. The van der Waals surface area contributed by atoms with Gasteiger partial charge in [-0.05, 0) is 70.2 Å². The fourth-order valence-electron chi connectivity index (χ4n) is 4.58. The molecule has 38 heavy (non-hydrogen) atoms. The molecule has 3 rings (SSSR count). The van der Waals surface area contributed by atoms with Crippen molar-refractivity contribution in [3.8, 4) is 17.2 Å². The number of ether oxygens (including phenoxy) is 3. The molecule has 0 spiro atoms. The maximum Gasteiger partial charge on any atom is 0.295 e. The number of hydrogen-bond acceptors (Lipinski definition) is 7. The lowest BCUT2D eigenvalue weighted by atomic mass is 9.95. The minimum absolute atomic E-state index is 0.0483. The van der Waals surface area contributed by atoms with E-state index in [1.54, 1.807) is 48.4 Å². The van der Waals surface area contributed by atoms with E-state index >= 15 is 0 Å². The van der Waals surface area contributed by atoms with Crippen LogP contribution in [0.2, 0.25) is 0 Å². The number of aliphatic hydroxyl groups excluding tert-OH is 1. The predicted octanol–water partition coefficient (Wildman–Crippen LogP) is 5.04. The highest BCUT2D eigenvalue weighted by Crippen LogP contribution is 2.42. The van der Waals surface area contributed by atoms with Gasteiger partial charge in [0.25, 0.3) is 11.7 Å². The number of aliphatic hydroxyl groups is 1. The predicted molar refractivity (Wildman–Crippen MR) is 148 cm³/mol. The summed E-state index contributed by atoms with van der Waals surface area (Å²) >= 11 is 0. The first-order valence-corrected chi connectivity index (χ1v) is 13.3. The maximum atomic E-state index is 13.3. The number of ketones is 1. The van der Waals surface area contributed by atoms with Crippen LogP contribution in [0.1, 0.15) is 56.7 Å². The molecule has 8 heteroatoms. The Morgan fingerprint density at radius 2 is 1.79 bits per heavy atom. The smallest absolute Gasteiger partial charge is 0.295 e. The van der Waals surface area contributed by atoms with E-state index in [-0.39, 0.29) is 11.3 Å². The van der Waals surface area contributed by atoms with E-state index in [4.69, 9.17) is 14.2 Å². The molecule has 1 amide bonds. The molecule has 1 unspecified atom stereocenters. The molecule has 0 saturated carbocycles. The first-order chi connectivity index (χ1) is 18.3. The summed E-state index contributed by atoms with van der Waals surface area (Å²) < 4.78 is 17.1. The fourth-order valence-corrected chi connectivity index (χ4v) is 4.58. The van der Waals surface area contributed by atoms with Crippen molar-refractivity contribution >= 4 is 17.4 Å². The van der Waals surface area contributed by atoms with Gasteiger partial charge in [-0.3, -0.25) is 9.59 Å². The summed E-state index contributed by atoms with van der Waals surface area (Å²) in [5.74, 6) is 0.106. The number of hydrogen-bond donors (Lipinski definition) is 1. The van der Waals surface area contributed by atoms with E-state index in [1.807, 2.05) is 32.0 Å². The Balaban J connectivity index is 2.06. The van der Waals surface area contributed by atoms with E-state index in [1.165, 1.54) is 0 Å². The van der Waals surface area contributed by atoms with Crippen LogP contribution in [0.3, 0.4) is 0 Å². The molecule has 1 fully saturated rings. The van der Waals surface area contributed by atoms with Crippen LogP contribution < -0.4 is 14.2 Å². The van der Waals surface area contributed by atoms with Crippen LogP contribution in [0.4, 0.5) is 0 Å². The van der Waals surface area contributed by atoms with Crippen molar-refractivity contribution in [1.82, 2.24) is 9.80 Å². The third kappa shape index (κ3) is 6.86. The highest BCUT2D eigenvalue weighted by atomic mass is 16.5. The van der Waals surface area contributed by atoms with Gasteiger partial charge in [-0.25, -0.2) is 0 Å². The second-order valence-corrected chi connectivity index (χ2v) is 9.58. The van der Waals surface area contributed by atoms with Crippen LogP contribution in [-0.2, 0) is 9.59 Å². The molecule has 1 heterocycles. The molecule has 206 valence electrons. The van der Waals surface area contributed by atoms with Gasteiger partial charge in [-0.2, -0.15) is 0 Å². The zero-order valence-electron chi connectivity index (χ0n) is 23.2. The molecule has 8 nitrogen and oxygen atoms in total. The van der Waals surface area contributed by atoms with Crippen LogP contribution in [0.25, 0.3) is 5.76 Å². The lowest BCUT2D eigenvalue weighted by molar-refractivity contribution is -0.139. The van der Waals surface area contributed by atoms with Gasteiger partial charge in [0.1, 0.15) is 11.5 Å². The van der Waals surface area contributed by atoms with Gasteiger partial charge in [0.15, 0.2) is 11.5 Å². The van der Waals surface area contributed by atoms with Crippen LogP contribution >= 0.6 is 0 Å². The maximum absolute atomic E-state index is 13.3. The summed E-state index contributed by atoms with van der Waals surface area (Å²) in [5.41, 5.74) is 1.12. The van der Waals surface area contributed by atoms with Gasteiger partial charge in [-0.1, -0.05) is 38.0 Å². The standard InChI is InChI=1S/C30H40N2O6/c1-6-8-9-18-38-24-15-14-21(20-25(24)36-5)27-26(28(33)22-12-10-13-23(19-22)37-7-2)29(34)30(35)32(27)17-11-16-31(3)4/h10,12-15,19-20,27,33H,6-9,11,16-18H2,1-5H3/b28-26+. The molecule has 0 aromatic heterocycles. The molecule has 0 aliphatic carbocycles. The summed E-state index contributed by atoms with van der Waals surface area (Å²) in [5, 5.41) is 11.4. The number of likely N-dealkylation sites (tertiary alicyclic amines) is 1. The van der Waals surface area contributed by atoms with E-state index < -0.39 is 17.7 Å². The van der Waals surface area contributed by atoms with E-state index in [0.29, 0.717) is 54.6 Å². The summed E-state index contributed by atoms with van der Waals surface area (Å²) in [6, 6.07) is 11.5. The minimum Gasteiger partial charge on any atom is -0.507 e. The monoisotopic (exact) mass is 524 g/mol. The normalized spacial score (nSPS) is 16.8. The fraction of sp³-hybridized carbons (Fsp3) is 0.467. The van der Waals surface area contributed by atoms with Crippen molar-refractivity contribution in [2.24, 2.45) is 0 Å². The number of unbranched alkanes of at least 4 members (excludes halogenated alkanes) is 2. The van der Waals surface area contributed by atoms with Crippen molar-refractivity contribution in [1.29, 1.82) is 0 Å². The Bertz CT molecular complexity index is 1140. The summed E-state index contributed by atoms with van der Waals surface area (Å²) in [6.45, 7) is 6.16. The topological polar surface area (TPSA) is 88.5 Å².